The minimum Gasteiger partial charge on any atom is -0.449 e. The molecule has 126 valence electrons. The third kappa shape index (κ3) is 4.12. The number of carbonyl (C=O) groups is 1. The minimum atomic E-state index is -0.150. The number of amides is 1. The maximum atomic E-state index is 12.3. The van der Waals surface area contributed by atoms with Gasteiger partial charge >= 0.3 is 0 Å². The van der Waals surface area contributed by atoms with Crippen molar-refractivity contribution in [2.75, 3.05) is 6.54 Å². The molecule has 0 aromatic carbocycles. The van der Waals surface area contributed by atoms with E-state index >= 15 is 0 Å². The highest BCUT2D eigenvalue weighted by Gasteiger charge is 2.29. The first-order chi connectivity index (χ1) is 11.0. The zero-order valence-corrected chi connectivity index (χ0v) is 14.7. The van der Waals surface area contributed by atoms with Crippen LogP contribution in [-0.4, -0.2) is 17.4 Å². The molecule has 0 bridgehead atoms. The quantitative estimate of drug-likeness (QED) is 0.761. The van der Waals surface area contributed by atoms with Crippen LogP contribution in [0.3, 0.4) is 0 Å². The molecule has 0 aliphatic carbocycles. The number of rotatable bonds is 8. The van der Waals surface area contributed by atoms with E-state index in [0.717, 1.165) is 5.39 Å². The minimum absolute atomic E-state index is 0.150. The highest BCUT2D eigenvalue weighted by molar-refractivity contribution is 5.95. The second-order valence-corrected chi connectivity index (χ2v) is 6.79. The lowest BCUT2D eigenvalue weighted by Crippen LogP contribution is -2.36. The molecule has 1 atom stereocenters. The van der Waals surface area contributed by atoms with Gasteiger partial charge in [0.25, 0.3) is 5.91 Å². The van der Waals surface area contributed by atoms with E-state index in [1.54, 1.807) is 18.5 Å². The number of furan rings is 1. The number of nitrogens with zero attached hydrogens (tertiary/aromatic N) is 1. The first kappa shape index (κ1) is 17.5. The van der Waals surface area contributed by atoms with Crippen molar-refractivity contribution >= 4 is 16.9 Å². The summed E-state index contributed by atoms with van der Waals surface area (Å²) in [6.45, 7) is 9.69. The van der Waals surface area contributed by atoms with Gasteiger partial charge in [0.15, 0.2) is 11.3 Å². The fraction of sp³-hybridized carbons (Fsp3) is 0.579. The molecule has 4 nitrogen and oxygen atoms in total. The molecular weight excluding hydrogens is 288 g/mol. The van der Waals surface area contributed by atoms with Crippen molar-refractivity contribution in [1.29, 1.82) is 0 Å². The summed E-state index contributed by atoms with van der Waals surface area (Å²) in [5.74, 6) is 0.633. The van der Waals surface area contributed by atoms with Gasteiger partial charge in [-0.2, -0.15) is 0 Å². The largest absolute Gasteiger partial charge is 0.449 e. The van der Waals surface area contributed by atoms with E-state index in [1.807, 2.05) is 6.07 Å². The zero-order chi connectivity index (χ0) is 16.9. The SMILES string of the molecule is CCCC(C)(CCC)C(C)CNC(=O)c1cc2ccncc2o1. The molecule has 1 amide bonds. The van der Waals surface area contributed by atoms with Gasteiger partial charge in [-0.25, -0.2) is 0 Å². The van der Waals surface area contributed by atoms with Crippen LogP contribution in [0.15, 0.2) is 28.9 Å². The standard InChI is InChI=1S/C19H28N2O2/c1-5-8-19(4,9-6-2)14(3)12-21-18(22)16-11-15-7-10-20-13-17(15)23-16/h7,10-11,13-14H,5-6,8-9,12H2,1-4H3,(H,21,22). The second kappa shape index (κ2) is 7.62. The Morgan fingerprint density at radius 1 is 1.35 bits per heavy atom. The third-order valence-corrected chi connectivity index (χ3v) is 4.95. The number of nitrogens with one attached hydrogen (secondary N) is 1. The number of hydrogen-bond acceptors (Lipinski definition) is 3. The molecule has 0 radical (unpaired) electrons. The van der Waals surface area contributed by atoms with Crippen LogP contribution < -0.4 is 5.32 Å². The molecular formula is C19H28N2O2. The number of aromatic nitrogens is 1. The molecule has 2 aromatic rings. The van der Waals surface area contributed by atoms with Crippen molar-refractivity contribution in [1.82, 2.24) is 10.3 Å². The summed E-state index contributed by atoms with van der Waals surface area (Å²) in [7, 11) is 0. The summed E-state index contributed by atoms with van der Waals surface area (Å²) in [4.78, 5) is 16.3. The molecule has 0 saturated carbocycles. The Hall–Kier alpha value is -1.84. The first-order valence-electron chi connectivity index (χ1n) is 8.62. The number of carbonyl (C=O) groups excluding carboxylic acids is 1. The average molecular weight is 316 g/mol. The predicted molar refractivity (Wildman–Crippen MR) is 93.4 cm³/mol. The third-order valence-electron chi connectivity index (χ3n) is 4.95. The van der Waals surface area contributed by atoms with E-state index < -0.39 is 0 Å². The lowest BCUT2D eigenvalue weighted by molar-refractivity contribution is 0.0894. The molecule has 0 aliphatic rings. The summed E-state index contributed by atoms with van der Waals surface area (Å²) in [5, 5.41) is 3.93. The van der Waals surface area contributed by atoms with Gasteiger partial charge in [0, 0.05) is 18.1 Å². The summed E-state index contributed by atoms with van der Waals surface area (Å²) in [6.07, 6.45) is 8.05. The maximum absolute atomic E-state index is 12.3. The van der Waals surface area contributed by atoms with Crippen LogP contribution in [0.2, 0.25) is 0 Å². The molecule has 1 N–H and O–H groups in total. The first-order valence-corrected chi connectivity index (χ1v) is 8.62. The van der Waals surface area contributed by atoms with Crippen LogP contribution in [0.1, 0.15) is 63.9 Å². The van der Waals surface area contributed by atoms with Gasteiger partial charge in [-0.3, -0.25) is 9.78 Å². The van der Waals surface area contributed by atoms with Crippen LogP contribution in [0.4, 0.5) is 0 Å². The van der Waals surface area contributed by atoms with Gasteiger partial charge < -0.3 is 9.73 Å². The molecule has 0 spiro atoms. The summed E-state index contributed by atoms with van der Waals surface area (Å²) in [5.41, 5.74) is 0.918. The molecule has 0 fully saturated rings. The lowest BCUT2D eigenvalue weighted by Gasteiger charge is -2.35. The Bertz CT molecular complexity index is 609. The molecule has 0 saturated heterocycles. The van der Waals surface area contributed by atoms with Crippen molar-refractivity contribution in [2.45, 2.75) is 53.4 Å². The summed E-state index contributed by atoms with van der Waals surface area (Å²) >= 11 is 0. The van der Waals surface area contributed by atoms with Crippen molar-refractivity contribution in [2.24, 2.45) is 11.3 Å². The number of pyridine rings is 1. The normalized spacial score (nSPS) is 13.2. The molecule has 0 aliphatic heterocycles. The van der Waals surface area contributed by atoms with E-state index in [0.29, 0.717) is 23.8 Å². The topological polar surface area (TPSA) is 55.1 Å². The fourth-order valence-electron chi connectivity index (χ4n) is 3.34. The summed E-state index contributed by atoms with van der Waals surface area (Å²) in [6, 6.07) is 3.62. The van der Waals surface area contributed by atoms with Crippen LogP contribution >= 0.6 is 0 Å². The van der Waals surface area contributed by atoms with Gasteiger partial charge in [0.2, 0.25) is 0 Å². The Labute approximate surface area is 138 Å². The van der Waals surface area contributed by atoms with Crippen molar-refractivity contribution in [3.8, 4) is 0 Å². The average Bonchev–Trinajstić information content (AvgIpc) is 2.96. The molecule has 2 aromatic heterocycles. The highest BCUT2D eigenvalue weighted by Crippen LogP contribution is 2.37. The van der Waals surface area contributed by atoms with Gasteiger partial charge in [-0.1, -0.05) is 40.5 Å². The van der Waals surface area contributed by atoms with Gasteiger partial charge in [-0.15, -0.1) is 0 Å². The molecule has 4 heteroatoms. The van der Waals surface area contributed by atoms with Crippen molar-refractivity contribution in [3.05, 3.63) is 30.3 Å². The zero-order valence-electron chi connectivity index (χ0n) is 14.7. The van der Waals surface area contributed by atoms with Crippen LogP contribution in [-0.2, 0) is 0 Å². The number of fused-ring (bicyclic) bond motifs is 1. The van der Waals surface area contributed by atoms with Crippen molar-refractivity contribution < 1.29 is 9.21 Å². The van der Waals surface area contributed by atoms with Crippen LogP contribution in [0.25, 0.3) is 11.0 Å². The van der Waals surface area contributed by atoms with Crippen LogP contribution in [0, 0.1) is 11.3 Å². The van der Waals surface area contributed by atoms with E-state index in [2.05, 4.69) is 38.0 Å². The smallest absolute Gasteiger partial charge is 0.287 e. The Morgan fingerprint density at radius 3 is 2.65 bits per heavy atom. The van der Waals surface area contributed by atoms with E-state index in [4.69, 9.17) is 4.42 Å². The van der Waals surface area contributed by atoms with Crippen molar-refractivity contribution in [3.63, 3.8) is 0 Å². The Kier molecular flexibility index (Phi) is 5.80. The molecule has 23 heavy (non-hydrogen) atoms. The molecule has 2 rings (SSSR count). The van der Waals surface area contributed by atoms with Gasteiger partial charge in [0.05, 0.1) is 6.20 Å². The second-order valence-electron chi connectivity index (χ2n) is 6.79. The Balaban J connectivity index is 1.99. The Morgan fingerprint density at radius 2 is 2.04 bits per heavy atom. The molecule has 2 heterocycles. The van der Waals surface area contributed by atoms with E-state index in [1.165, 1.54) is 25.7 Å². The van der Waals surface area contributed by atoms with Crippen LogP contribution in [0.5, 0.6) is 0 Å². The van der Waals surface area contributed by atoms with Gasteiger partial charge in [0.1, 0.15) is 0 Å². The van der Waals surface area contributed by atoms with Gasteiger partial charge in [-0.05, 0) is 36.3 Å². The van der Waals surface area contributed by atoms with E-state index in [9.17, 15) is 4.79 Å². The monoisotopic (exact) mass is 316 g/mol. The fourth-order valence-corrected chi connectivity index (χ4v) is 3.34. The van der Waals surface area contributed by atoms with E-state index in [-0.39, 0.29) is 11.3 Å². The summed E-state index contributed by atoms with van der Waals surface area (Å²) < 4.78 is 5.57. The lowest BCUT2D eigenvalue weighted by atomic mass is 9.71. The number of hydrogen-bond donors (Lipinski definition) is 1. The highest BCUT2D eigenvalue weighted by atomic mass is 16.3. The molecule has 1 unspecified atom stereocenters. The predicted octanol–water partition coefficient (Wildman–Crippen LogP) is 4.80. The maximum Gasteiger partial charge on any atom is 0.287 e.